The van der Waals surface area contributed by atoms with E-state index in [1.165, 1.54) is 0 Å². The van der Waals surface area contributed by atoms with Gasteiger partial charge in [-0.05, 0) is 12.8 Å². The molecule has 0 bridgehead atoms. The van der Waals surface area contributed by atoms with E-state index in [4.69, 9.17) is 0 Å². The summed E-state index contributed by atoms with van der Waals surface area (Å²) in [6.45, 7) is 6.24. The standard InChI is InChI=1S/C13H20F3N3/c1-11(2,3)10-9(8-19(4)18-10)7-17-12(5-6-12)13(14,15)16/h8,17H,5-7H2,1-4H3. The first-order valence-electron chi connectivity index (χ1n) is 6.40. The zero-order valence-corrected chi connectivity index (χ0v) is 11.7. The lowest BCUT2D eigenvalue weighted by Crippen LogP contribution is -2.44. The largest absolute Gasteiger partial charge is 0.406 e. The number of nitrogens with one attached hydrogen (secondary N) is 1. The van der Waals surface area contributed by atoms with E-state index in [1.54, 1.807) is 17.9 Å². The fraction of sp³-hybridized carbons (Fsp3) is 0.769. The maximum absolute atomic E-state index is 12.9. The number of hydrogen-bond acceptors (Lipinski definition) is 2. The molecule has 0 unspecified atom stereocenters. The highest BCUT2D eigenvalue weighted by atomic mass is 19.4. The van der Waals surface area contributed by atoms with Gasteiger partial charge in [0, 0.05) is 30.8 Å². The molecule has 1 N–H and O–H groups in total. The van der Waals surface area contributed by atoms with Gasteiger partial charge >= 0.3 is 6.18 Å². The number of hydrogen-bond donors (Lipinski definition) is 1. The summed E-state index contributed by atoms with van der Waals surface area (Å²) in [5.41, 5.74) is -0.156. The first kappa shape index (κ1) is 14.4. The van der Waals surface area contributed by atoms with Crippen molar-refractivity contribution in [2.24, 2.45) is 7.05 Å². The molecule has 0 radical (unpaired) electrons. The fourth-order valence-corrected chi connectivity index (χ4v) is 2.25. The third-order valence-corrected chi connectivity index (χ3v) is 3.52. The van der Waals surface area contributed by atoms with Crippen LogP contribution in [-0.4, -0.2) is 21.5 Å². The summed E-state index contributed by atoms with van der Waals surface area (Å²) in [6.07, 6.45) is -2.04. The highest BCUT2D eigenvalue weighted by Crippen LogP contribution is 2.49. The molecular weight excluding hydrogens is 255 g/mol. The van der Waals surface area contributed by atoms with Crippen molar-refractivity contribution < 1.29 is 13.2 Å². The van der Waals surface area contributed by atoms with Crippen LogP contribution in [0, 0.1) is 0 Å². The third kappa shape index (κ3) is 2.78. The monoisotopic (exact) mass is 275 g/mol. The summed E-state index contributed by atoms with van der Waals surface area (Å²) in [4.78, 5) is 0. The van der Waals surface area contributed by atoms with Crippen LogP contribution >= 0.6 is 0 Å². The predicted octanol–water partition coefficient (Wildman–Crippen LogP) is 2.90. The molecule has 1 aliphatic carbocycles. The maximum atomic E-state index is 12.9. The van der Waals surface area contributed by atoms with Crippen LogP contribution in [0.3, 0.4) is 0 Å². The van der Waals surface area contributed by atoms with E-state index >= 15 is 0 Å². The first-order valence-corrected chi connectivity index (χ1v) is 6.40. The molecule has 0 atom stereocenters. The van der Waals surface area contributed by atoms with Gasteiger partial charge in [0.2, 0.25) is 0 Å². The molecule has 0 amide bonds. The molecule has 0 saturated heterocycles. The van der Waals surface area contributed by atoms with Crippen LogP contribution < -0.4 is 5.32 Å². The second-order valence-corrected chi connectivity index (χ2v) is 6.36. The molecule has 3 nitrogen and oxygen atoms in total. The summed E-state index contributed by atoms with van der Waals surface area (Å²) in [6, 6.07) is 0. The van der Waals surface area contributed by atoms with Crippen LogP contribution in [-0.2, 0) is 19.0 Å². The smallest absolute Gasteiger partial charge is 0.299 e. The summed E-state index contributed by atoms with van der Waals surface area (Å²) >= 11 is 0. The van der Waals surface area contributed by atoms with Crippen LogP contribution in [0.25, 0.3) is 0 Å². The number of alkyl halides is 3. The van der Waals surface area contributed by atoms with Crippen molar-refractivity contribution in [3.63, 3.8) is 0 Å². The lowest BCUT2D eigenvalue weighted by Gasteiger charge is -2.22. The molecular formula is C13H20F3N3. The molecule has 108 valence electrons. The van der Waals surface area contributed by atoms with Gasteiger partial charge in [-0.25, -0.2) is 0 Å². The molecule has 2 rings (SSSR count). The average molecular weight is 275 g/mol. The molecule has 1 fully saturated rings. The second kappa shape index (κ2) is 4.23. The van der Waals surface area contributed by atoms with Gasteiger partial charge in [0.1, 0.15) is 5.54 Å². The van der Waals surface area contributed by atoms with Crippen molar-refractivity contribution in [1.82, 2.24) is 15.1 Å². The van der Waals surface area contributed by atoms with Gasteiger partial charge in [0.25, 0.3) is 0 Å². The molecule has 1 saturated carbocycles. The number of aromatic nitrogens is 2. The Kier molecular flexibility index (Phi) is 3.20. The normalized spacial score (nSPS) is 18.7. The SMILES string of the molecule is Cn1cc(CNC2(C(F)(F)F)CC2)c(C(C)(C)C)n1. The zero-order valence-electron chi connectivity index (χ0n) is 11.7. The van der Waals surface area contributed by atoms with E-state index in [2.05, 4.69) is 10.4 Å². The van der Waals surface area contributed by atoms with Gasteiger partial charge in [-0.2, -0.15) is 18.3 Å². The maximum Gasteiger partial charge on any atom is 0.406 e. The summed E-state index contributed by atoms with van der Waals surface area (Å²) in [5, 5.41) is 7.03. The lowest BCUT2D eigenvalue weighted by atomic mass is 9.89. The third-order valence-electron chi connectivity index (χ3n) is 3.52. The van der Waals surface area contributed by atoms with Crippen LogP contribution in [0.4, 0.5) is 13.2 Å². The van der Waals surface area contributed by atoms with Gasteiger partial charge in [-0.3, -0.25) is 10.00 Å². The van der Waals surface area contributed by atoms with Crippen molar-refractivity contribution in [1.29, 1.82) is 0 Å². The molecule has 0 spiro atoms. The minimum Gasteiger partial charge on any atom is -0.299 e. The van der Waals surface area contributed by atoms with Gasteiger partial charge in [0.05, 0.1) is 5.69 Å². The minimum atomic E-state index is -4.17. The Morgan fingerprint density at radius 3 is 2.32 bits per heavy atom. The Morgan fingerprint density at radius 2 is 1.89 bits per heavy atom. The van der Waals surface area contributed by atoms with Gasteiger partial charge in [-0.1, -0.05) is 20.8 Å². The van der Waals surface area contributed by atoms with Crippen molar-refractivity contribution in [3.05, 3.63) is 17.5 Å². The zero-order chi connectivity index (χ0) is 14.5. The number of aryl methyl sites for hydroxylation is 1. The summed E-state index contributed by atoms with van der Waals surface area (Å²) in [7, 11) is 1.79. The number of halogens is 3. The van der Waals surface area contributed by atoms with Crippen molar-refractivity contribution in [2.75, 3.05) is 0 Å². The quantitative estimate of drug-likeness (QED) is 0.919. The minimum absolute atomic E-state index is 0.168. The summed E-state index contributed by atoms with van der Waals surface area (Å²) < 4.78 is 40.2. The highest BCUT2D eigenvalue weighted by molar-refractivity contribution is 5.25. The molecule has 1 aromatic rings. The van der Waals surface area contributed by atoms with Crippen LogP contribution in [0.5, 0.6) is 0 Å². The van der Waals surface area contributed by atoms with Crippen molar-refractivity contribution >= 4 is 0 Å². The fourth-order valence-electron chi connectivity index (χ4n) is 2.25. The van der Waals surface area contributed by atoms with Crippen molar-refractivity contribution in [2.45, 2.75) is 57.3 Å². The first-order chi connectivity index (χ1) is 8.55. The molecule has 1 aliphatic rings. The van der Waals surface area contributed by atoms with Crippen LogP contribution in [0.15, 0.2) is 6.20 Å². The Morgan fingerprint density at radius 1 is 1.32 bits per heavy atom. The van der Waals surface area contributed by atoms with Gasteiger partial charge in [0.15, 0.2) is 0 Å². The van der Waals surface area contributed by atoms with E-state index < -0.39 is 11.7 Å². The van der Waals surface area contributed by atoms with E-state index in [-0.39, 0.29) is 24.8 Å². The van der Waals surface area contributed by atoms with Crippen LogP contribution in [0.2, 0.25) is 0 Å². The average Bonchev–Trinajstić information content (AvgIpc) is 2.92. The molecule has 19 heavy (non-hydrogen) atoms. The molecule has 6 heteroatoms. The molecule has 1 heterocycles. The van der Waals surface area contributed by atoms with E-state index in [1.807, 2.05) is 20.8 Å². The highest BCUT2D eigenvalue weighted by Gasteiger charge is 2.63. The number of rotatable bonds is 3. The Balaban J connectivity index is 2.13. The Labute approximate surface area is 111 Å². The van der Waals surface area contributed by atoms with Crippen molar-refractivity contribution in [3.8, 4) is 0 Å². The lowest BCUT2D eigenvalue weighted by molar-refractivity contribution is -0.166. The Bertz CT molecular complexity index is 464. The predicted molar refractivity (Wildman–Crippen MR) is 66.8 cm³/mol. The van der Waals surface area contributed by atoms with Gasteiger partial charge < -0.3 is 0 Å². The topological polar surface area (TPSA) is 29.9 Å². The van der Waals surface area contributed by atoms with E-state index in [0.717, 1.165) is 11.3 Å². The number of nitrogens with zero attached hydrogens (tertiary/aromatic N) is 2. The van der Waals surface area contributed by atoms with Crippen LogP contribution in [0.1, 0.15) is 44.9 Å². The van der Waals surface area contributed by atoms with E-state index in [9.17, 15) is 13.2 Å². The summed E-state index contributed by atoms with van der Waals surface area (Å²) in [5.74, 6) is 0. The second-order valence-electron chi connectivity index (χ2n) is 6.36. The van der Waals surface area contributed by atoms with Gasteiger partial charge in [-0.15, -0.1) is 0 Å². The Hall–Kier alpha value is -1.04. The molecule has 1 aromatic heterocycles. The van der Waals surface area contributed by atoms with E-state index in [0.29, 0.717) is 0 Å². The molecule has 0 aliphatic heterocycles. The molecule has 0 aromatic carbocycles.